The van der Waals surface area contributed by atoms with E-state index < -0.39 is 0 Å². The van der Waals surface area contributed by atoms with Crippen LogP contribution in [0.4, 0.5) is 0 Å². The first-order valence-electron chi connectivity index (χ1n) is 7.02. The van der Waals surface area contributed by atoms with Crippen LogP contribution >= 0.6 is 11.8 Å². The number of ketones is 1. The van der Waals surface area contributed by atoms with E-state index in [1.807, 2.05) is 36.6 Å². The van der Waals surface area contributed by atoms with Crippen molar-refractivity contribution in [3.05, 3.63) is 59.7 Å². The third-order valence-electron chi connectivity index (χ3n) is 3.37. The zero-order chi connectivity index (χ0) is 15.4. The molecule has 3 nitrogen and oxygen atoms in total. The van der Waals surface area contributed by atoms with Crippen molar-refractivity contribution in [2.24, 2.45) is 0 Å². The van der Waals surface area contributed by atoms with Gasteiger partial charge in [0.1, 0.15) is 13.2 Å². The standard InChI is InChI=1S/C18H16O3S/c1-22-15-6-2-13(3-7-15)4-8-16(19)14-5-9-17-18(12-14)21-11-10-20-17/h2-9,12H,10-11H2,1H3/b8-4+. The first kappa shape index (κ1) is 14.7. The number of allylic oxidation sites excluding steroid dienone is 1. The SMILES string of the molecule is CSc1ccc(/C=C/C(=O)c2ccc3c(c2)OCCO3)cc1. The summed E-state index contributed by atoms with van der Waals surface area (Å²) in [5, 5.41) is 0. The molecule has 112 valence electrons. The fourth-order valence-corrected chi connectivity index (χ4v) is 2.59. The van der Waals surface area contributed by atoms with Crippen molar-refractivity contribution in [3.63, 3.8) is 0 Å². The highest BCUT2D eigenvalue weighted by Gasteiger charge is 2.13. The Bertz CT molecular complexity index is 705. The third-order valence-corrected chi connectivity index (χ3v) is 4.11. The van der Waals surface area contributed by atoms with Crippen LogP contribution in [0.1, 0.15) is 15.9 Å². The van der Waals surface area contributed by atoms with Crippen molar-refractivity contribution < 1.29 is 14.3 Å². The Hall–Kier alpha value is -2.20. The minimum atomic E-state index is -0.0501. The lowest BCUT2D eigenvalue weighted by atomic mass is 10.1. The van der Waals surface area contributed by atoms with Gasteiger partial charge in [-0.25, -0.2) is 0 Å². The topological polar surface area (TPSA) is 35.5 Å². The molecule has 1 heterocycles. The fourth-order valence-electron chi connectivity index (χ4n) is 2.18. The zero-order valence-electron chi connectivity index (χ0n) is 12.2. The van der Waals surface area contributed by atoms with Crippen molar-refractivity contribution in [1.82, 2.24) is 0 Å². The van der Waals surface area contributed by atoms with Crippen LogP contribution < -0.4 is 9.47 Å². The van der Waals surface area contributed by atoms with Crippen molar-refractivity contribution in [3.8, 4) is 11.5 Å². The van der Waals surface area contributed by atoms with Gasteiger partial charge in [-0.05, 0) is 48.2 Å². The molecule has 0 spiro atoms. The maximum Gasteiger partial charge on any atom is 0.185 e. The first-order valence-corrected chi connectivity index (χ1v) is 8.25. The lowest BCUT2D eigenvalue weighted by Gasteiger charge is -2.18. The summed E-state index contributed by atoms with van der Waals surface area (Å²) in [6.45, 7) is 1.06. The molecule has 1 aliphatic rings. The number of benzene rings is 2. The second kappa shape index (κ2) is 6.71. The number of fused-ring (bicyclic) bond motifs is 1. The van der Waals surface area contributed by atoms with Gasteiger partial charge in [-0.15, -0.1) is 11.8 Å². The van der Waals surface area contributed by atoms with Gasteiger partial charge in [0.05, 0.1) is 0 Å². The molecule has 2 aromatic rings. The van der Waals surface area contributed by atoms with E-state index in [0.717, 1.165) is 5.56 Å². The van der Waals surface area contributed by atoms with E-state index in [-0.39, 0.29) is 5.78 Å². The van der Waals surface area contributed by atoms with Crippen LogP contribution in [0.2, 0.25) is 0 Å². The zero-order valence-corrected chi connectivity index (χ0v) is 13.1. The van der Waals surface area contributed by atoms with Crippen LogP contribution in [0.5, 0.6) is 11.5 Å². The molecule has 0 fully saturated rings. The average Bonchev–Trinajstić information content (AvgIpc) is 2.59. The highest BCUT2D eigenvalue weighted by Crippen LogP contribution is 2.31. The molecule has 0 saturated carbocycles. The molecule has 22 heavy (non-hydrogen) atoms. The summed E-state index contributed by atoms with van der Waals surface area (Å²) in [7, 11) is 0. The molecule has 0 saturated heterocycles. The molecule has 4 heteroatoms. The Morgan fingerprint density at radius 1 is 1.05 bits per heavy atom. The van der Waals surface area contributed by atoms with E-state index in [0.29, 0.717) is 30.3 Å². The molecule has 0 amide bonds. The van der Waals surface area contributed by atoms with E-state index in [1.54, 1.807) is 36.0 Å². The first-order chi connectivity index (χ1) is 10.8. The number of hydrogen-bond donors (Lipinski definition) is 0. The number of rotatable bonds is 4. The number of hydrogen-bond acceptors (Lipinski definition) is 4. The predicted octanol–water partition coefficient (Wildman–Crippen LogP) is 4.08. The van der Waals surface area contributed by atoms with Crippen molar-refractivity contribution in [1.29, 1.82) is 0 Å². The van der Waals surface area contributed by atoms with E-state index in [9.17, 15) is 4.79 Å². The lowest BCUT2D eigenvalue weighted by Crippen LogP contribution is -2.15. The van der Waals surface area contributed by atoms with Crippen molar-refractivity contribution >= 4 is 23.6 Å². The van der Waals surface area contributed by atoms with Crippen LogP contribution in [0.25, 0.3) is 6.08 Å². The monoisotopic (exact) mass is 312 g/mol. The number of carbonyl (C=O) groups excluding carboxylic acids is 1. The molecular weight excluding hydrogens is 296 g/mol. The molecule has 0 unspecified atom stereocenters. The molecule has 1 aliphatic heterocycles. The summed E-state index contributed by atoms with van der Waals surface area (Å²) in [6.07, 6.45) is 5.44. The summed E-state index contributed by atoms with van der Waals surface area (Å²) in [4.78, 5) is 13.4. The van der Waals surface area contributed by atoms with Gasteiger partial charge in [-0.1, -0.05) is 18.2 Å². The quantitative estimate of drug-likeness (QED) is 0.484. The van der Waals surface area contributed by atoms with Crippen LogP contribution in [0, 0.1) is 0 Å². The summed E-state index contributed by atoms with van der Waals surface area (Å²) in [6, 6.07) is 13.4. The molecular formula is C18H16O3S. The van der Waals surface area contributed by atoms with Gasteiger partial charge >= 0.3 is 0 Å². The molecule has 0 N–H and O–H groups in total. The van der Waals surface area contributed by atoms with Gasteiger partial charge in [0.25, 0.3) is 0 Å². The Morgan fingerprint density at radius 3 is 2.50 bits per heavy atom. The van der Waals surface area contributed by atoms with Crippen LogP contribution in [-0.2, 0) is 0 Å². The number of ether oxygens (including phenoxy) is 2. The lowest BCUT2D eigenvalue weighted by molar-refractivity contribution is 0.104. The average molecular weight is 312 g/mol. The Kier molecular flexibility index (Phi) is 4.49. The predicted molar refractivity (Wildman–Crippen MR) is 89.0 cm³/mol. The van der Waals surface area contributed by atoms with Gasteiger partial charge in [0.15, 0.2) is 17.3 Å². The molecule has 0 bridgehead atoms. The Labute approximate surface area is 133 Å². The van der Waals surface area contributed by atoms with E-state index in [4.69, 9.17) is 9.47 Å². The largest absolute Gasteiger partial charge is 0.486 e. The third kappa shape index (κ3) is 3.34. The Balaban J connectivity index is 1.74. The van der Waals surface area contributed by atoms with Gasteiger partial charge in [-0.2, -0.15) is 0 Å². The van der Waals surface area contributed by atoms with Gasteiger partial charge in [-0.3, -0.25) is 4.79 Å². The summed E-state index contributed by atoms with van der Waals surface area (Å²) >= 11 is 1.70. The fraction of sp³-hybridized carbons (Fsp3) is 0.167. The normalized spacial score (nSPS) is 13.3. The minimum Gasteiger partial charge on any atom is -0.486 e. The van der Waals surface area contributed by atoms with Gasteiger partial charge in [0.2, 0.25) is 0 Å². The highest BCUT2D eigenvalue weighted by molar-refractivity contribution is 7.98. The molecule has 0 aliphatic carbocycles. The summed E-state index contributed by atoms with van der Waals surface area (Å²) < 4.78 is 11.0. The maximum atomic E-state index is 12.2. The molecule has 3 rings (SSSR count). The summed E-state index contributed by atoms with van der Waals surface area (Å²) in [5.41, 5.74) is 1.60. The van der Waals surface area contributed by atoms with Gasteiger partial charge in [0, 0.05) is 10.5 Å². The maximum absolute atomic E-state index is 12.2. The van der Waals surface area contributed by atoms with Crippen LogP contribution in [0.15, 0.2) is 53.4 Å². The van der Waals surface area contributed by atoms with Crippen molar-refractivity contribution in [2.75, 3.05) is 19.5 Å². The molecule has 0 radical (unpaired) electrons. The van der Waals surface area contributed by atoms with Crippen LogP contribution in [-0.4, -0.2) is 25.3 Å². The van der Waals surface area contributed by atoms with E-state index in [1.165, 1.54) is 4.90 Å². The number of thioether (sulfide) groups is 1. The van der Waals surface area contributed by atoms with Crippen LogP contribution in [0.3, 0.4) is 0 Å². The highest BCUT2D eigenvalue weighted by atomic mass is 32.2. The van der Waals surface area contributed by atoms with Crippen molar-refractivity contribution in [2.45, 2.75) is 4.90 Å². The van der Waals surface area contributed by atoms with E-state index in [2.05, 4.69) is 0 Å². The minimum absolute atomic E-state index is 0.0501. The molecule has 0 atom stereocenters. The smallest absolute Gasteiger partial charge is 0.185 e. The molecule has 0 aromatic heterocycles. The number of carbonyl (C=O) groups is 1. The second-order valence-electron chi connectivity index (χ2n) is 4.83. The summed E-state index contributed by atoms with van der Waals surface area (Å²) in [5.74, 6) is 1.28. The second-order valence-corrected chi connectivity index (χ2v) is 5.71. The molecule has 2 aromatic carbocycles. The Morgan fingerprint density at radius 2 is 1.77 bits per heavy atom. The van der Waals surface area contributed by atoms with Gasteiger partial charge < -0.3 is 9.47 Å². The van der Waals surface area contributed by atoms with E-state index >= 15 is 0 Å².